The first kappa shape index (κ1) is 13.4. The zero-order valence-corrected chi connectivity index (χ0v) is 9.83. The molecule has 4 nitrogen and oxygen atoms in total. The van der Waals surface area contributed by atoms with Crippen molar-refractivity contribution in [1.29, 1.82) is 0 Å². The molecule has 0 unspecified atom stereocenters. The summed E-state index contributed by atoms with van der Waals surface area (Å²) in [6.07, 6.45) is 0. The van der Waals surface area contributed by atoms with Gasteiger partial charge in [0.15, 0.2) is 0 Å². The normalized spacial score (nSPS) is 12.3. The average Bonchev–Trinajstić information content (AvgIpc) is 1.77. The monoisotopic (exact) mass is 202 g/mol. The van der Waals surface area contributed by atoms with Gasteiger partial charge in [0.1, 0.15) is 12.1 Å². The lowest BCUT2D eigenvalue weighted by molar-refractivity contribution is -0.156. The second-order valence-electron chi connectivity index (χ2n) is 4.91. The van der Waals surface area contributed by atoms with Crippen LogP contribution in [0.15, 0.2) is 0 Å². The van der Waals surface area contributed by atoms with Crippen molar-refractivity contribution in [3.8, 4) is 0 Å². The zero-order chi connectivity index (χ0) is 11.4. The van der Waals surface area contributed by atoms with E-state index < -0.39 is 5.60 Å². The standard InChI is InChI=1S/C10H22N2O2/c1-8(2)6-12(11)7-9(13)14-10(3,4)5/h8H,6-7,11H2,1-5H3. The third kappa shape index (κ3) is 8.01. The van der Waals surface area contributed by atoms with Gasteiger partial charge in [-0.1, -0.05) is 13.8 Å². The molecule has 0 spiro atoms. The Morgan fingerprint density at radius 1 is 1.43 bits per heavy atom. The van der Waals surface area contributed by atoms with Crippen LogP contribution in [0.1, 0.15) is 34.6 Å². The number of hydrazine groups is 1. The molecular weight excluding hydrogens is 180 g/mol. The minimum atomic E-state index is -0.435. The molecular formula is C10H22N2O2. The molecule has 84 valence electrons. The summed E-state index contributed by atoms with van der Waals surface area (Å²) in [6.45, 7) is 10.5. The van der Waals surface area contributed by atoms with E-state index in [1.165, 1.54) is 5.01 Å². The predicted molar refractivity (Wildman–Crippen MR) is 56.4 cm³/mol. The highest BCUT2D eigenvalue weighted by atomic mass is 16.6. The highest BCUT2D eigenvalue weighted by Crippen LogP contribution is 2.07. The van der Waals surface area contributed by atoms with E-state index in [1.54, 1.807) is 0 Å². The summed E-state index contributed by atoms with van der Waals surface area (Å²) < 4.78 is 5.13. The second kappa shape index (κ2) is 5.32. The fourth-order valence-electron chi connectivity index (χ4n) is 1.07. The molecule has 0 aliphatic carbocycles. The number of carbonyl (C=O) groups is 1. The number of nitrogens with two attached hydrogens (primary N) is 1. The van der Waals surface area contributed by atoms with E-state index in [9.17, 15) is 4.79 Å². The van der Waals surface area contributed by atoms with Crippen LogP contribution in [-0.2, 0) is 9.53 Å². The molecule has 0 amide bonds. The lowest BCUT2D eigenvalue weighted by Crippen LogP contribution is -2.41. The molecule has 0 aromatic heterocycles. The van der Waals surface area contributed by atoms with E-state index >= 15 is 0 Å². The van der Waals surface area contributed by atoms with Crippen LogP contribution in [0, 0.1) is 5.92 Å². The third-order valence-electron chi connectivity index (χ3n) is 1.35. The number of nitrogens with zero attached hydrogens (tertiary/aromatic N) is 1. The van der Waals surface area contributed by atoms with Gasteiger partial charge >= 0.3 is 5.97 Å². The number of esters is 1. The van der Waals surface area contributed by atoms with Crippen molar-refractivity contribution in [2.24, 2.45) is 11.8 Å². The van der Waals surface area contributed by atoms with E-state index in [2.05, 4.69) is 13.8 Å². The smallest absolute Gasteiger partial charge is 0.322 e. The first-order valence-electron chi connectivity index (χ1n) is 4.92. The van der Waals surface area contributed by atoms with Crippen molar-refractivity contribution >= 4 is 5.97 Å². The molecule has 0 radical (unpaired) electrons. The lowest BCUT2D eigenvalue weighted by atomic mass is 10.2. The summed E-state index contributed by atoms with van der Waals surface area (Å²) in [5.74, 6) is 5.80. The van der Waals surface area contributed by atoms with Crippen LogP contribution in [-0.4, -0.2) is 29.7 Å². The van der Waals surface area contributed by atoms with Crippen LogP contribution in [0.2, 0.25) is 0 Å². The van der Waals surface area contributed by atoms with Crippen molar-refractivity contribution in [3.63, 3.8) is 0 Å². The van der Waals surface area contributed by atoms with Gasteiger partial charge < -0.3 is 4.74 Å². The van der Waals surface area contributed by atoms with E-state index in [0.717, 1.165) is 0 Å². The summed E-state index contributed by atoms with van der Waals surface area (Å²) >= 11 is 0. The van der Waals surface area contributed by atoms with Crippen molar-refractivity contribution < 1.29 is 9.53 Å². The molecule has 0 fully saturated rings. The quantitative estimate of drug-likeness (QED) is 0.422. The number of hydrogen-bond acceptors (Lipinski definition) is 4. The Hall–Kier alpha value is -0.610. The minimum absolute atomic E-state index is 0.148. The highest BCUT2D eigenvalue weighted by molar-refractivity contribution is 5.72. The minimum Gasteiger partial charge on any atom is -0.459 e. The summed E-state index contributed by atoms with van der Waals surface area (Å²) in [5.41, 5.74) is -0.435. The molecule has 0 aromatic carbocycles. The summed E-state index contributed by atoms with van der Waals surface area (Å²) in [7, 11) is 0. The van der Waals surface area contributed by atoms with E-state index in [4.69, 9.17) is 10.6 Å². The summed E-state index contributed by atoms with van der Waals surface area (Å²) in [6, 6.07) is 0. The maximum atomic E-state index is 11.3. The third-order valence-corrected chi connectivity index (χ3v) is 1.35. The lowest BCUT2D eigenvalue weighted by Gasteiger charge is -2.22. The first-order chi connectivity index (χ1) is 6.20. The molecule has 0 bridgehead atoms. The summed E-state index contributed by atoms with van der Waals surface area (Å²) in [4.78, 5) is 11.3. The SMILES string of the molecule is CC(C)CN(N)CC(=O)OC(C)(C)C. The zero-order valence-electron chi connectivity index (χ0n) is 9.83. The molecule has 0 saturated carbocycles. The van der Waals surface area contributed by atoms with Gasteiger partial charge in [0.25, 0.3) is 0 Å². The summed E-state index contributed by atoms with van der Waals surface area (Å²) in [5, 5.41) is 1.48. The van der Waals surface area contributed by atoms with Crippen LogP contribution in [0.25, 0.3) is 0 Å². The van der Waals surface area contributed by atoms with Gasteiger partial charge in [0.2, 0.25) is 0 Å². The average molecular weight is 202 g/mol. The van der Waals surface area contributed by atoms with Crippen LogP contribution >= 0.6 is 0 Å². The van der Waals surface area contributed by atoms with Gasteiger partial charge in [-0.3, -0.25) is 10.6 Å². The van der Waals surface area contributed by atoms with Crippen molar-refractivity contribution in [3.05, 3.63) is 0 Å². The molecule has 0 saturated heterocycles. The molecule has 0 rings (SSSR count). The Morgan fingerprint density at radius 2 is 1.93 bits per heavy atom. The first-order valence-corrected chi connectivity index (χ1v) is 4.92. The van der Waals surface area contributed by atoms with E-state index in [1.807, 2.05) is 20.8 Å². The molecule has 0 heterocycles. The number of ether oxygens (including phenoxy) is 1. The Kier molecular flexibility index (Phi) is 5.08. The number of carbonyl (C=O) groups excluding carboxylic acids is 1. The van der Waals surface area contributed by atoms with Crippen molar-refractivity contribution in [2.75, 3.05) is 13.1 Å². The fraction of sp³-hybridized carbons (Fsp3) is 0.900. The molecule has 2 N–H and O–H groups in total. The van der Waals surface area contributed by atoms with Gasteiger partial charge in [0.05, 0.1) is 0 Å². The molecule has 14 heavy (non-hydrogen) atoms. The van der Waals surface area contributed by atoms with Crippen LogP contribution in [0.4, 0.5) is 0 Å². The van der Waals surface area contributed by atoms with Gasteiger partial charge in [-0.2, -0.15) is 0 Å². The fourth-order valence-corrected chi connectivity index (χ4v) is 1.07. The Balaban J connectivity index is 3.83. The number of rotatable bonds is 4. The van der Waals surface area contributed by atoms with Crippen LogP contribution < -0.4 is 5.84 Å². The van der Waals surface area contributed by atoms with Crippen molar-refractivity contribution in [1.82, 2.24) is 5.01 Å². The molecule has 4 heteroatoms. The second-order valence-corrected chi connectivity index (χ2v) is 4.91. The molecule has 0 aromatic rings. The largest absolute Gasteiger partial charge is 0.459 e. The maximum Gasteiger partial charge on any atom is 0.322 e. The Morgan fingerprint density at radius 3 is 2.29 bits per heavy atom. The van der Waals surface area contributed by atoms with E-state index in [0.29, 0.717) is 12.5 Å². The van der Waals surface area contributed by atoms with Gasteiger partial charge in [-0.25, -0.2) is 5.01 Å². The van der Waals surface area contributed by atoms with Crippen LogP contribution in [0.5, 0.6) is 0 Å². The highest BCUT2D eigenvalue weighted by Gasteiger charge is 2.17. The predicted octanol–water partition coefficient (Wildman–Crippen LogP) is 1.16. The van der Waals surface area contributed by atoms with E-state index in [-0.39, 0.29) is 12.5 Å². The molecule has 0 aliphatic heterocycles. The maximum absolute atomic E-state index is 11.3. The van der Waals surface area contributed by atoms with Gasteiger partial charge in [0, 0.05) is 6.54 Å². The van der Waals surface area contributed by atoms with Crippen molar-refractivity contribution in [2.45, 2.75) is 40.2 Å². The van der Waals surface area contributed by atoms with Gasteiger partial charge in [-0.15, -0.1) is 0 Å². The van der Waals surface area contributed by atoms with Crippen LogP contribution in [0.3, 0.4) is 0 Å². The Labute approximate surface area is 86.4 Å². The topological polar surface area (TPSA) is 55.6 Å². The molecule has 0 atom stereocenters. The number of hydrogen-bond donors (Lipinski definition) is 1. The molecule has 0 aliphatic rings. The Bertz CT molecular complexity index is 185. The van der Waals surface area contributed by atoms with Gasteiger partial charge in [-0.05, 0) is 26.7 Å².